The van der Waals surface area contributed by atoms with Crippen molar-refractivity contribution in [2.75, 3.05) is 11.9 Å². The Morgan fingerprint density at radius 1 is 1.22 bits per heavy atom. The second-order valence-corrected chi connectivity index (χ2v) is 6.76. The average molecular weight is 456 g/mol. The van der Waals surface area contributed by atoms with Gasteiger partial charge in [0.1, 0.15) is 11.3 Å². The fraction of sp³-hybridized carbons (Fsp3) is 0.143. The van der Waals surface area contributed by atoms with Crippen LogP contribution in [-0.4, -0.2) is 33.4 Å². The predicted octanol–water partition coefficient (Wildman–Crippen LogP) is 5.15. The molecular formula is C21H18ClN5O5. The smallest absolute Gasteiger partial charge is 0.348 e. The van der Waals surface area contributed by atoms with Gasteiger partial charge in [0.05, 0.1) is 28.9 Å². The third kappa shape index (κ3) is 5.76. The van der Waals surface area contributed by atoms with Crippen molar-refractivity contribution in [3.63, 3.8) is 0 Å². The van der Waals surface area contributed by atoms with Crippen LogP contribution >= 0.6 is 11.6 Å². The third-order valence-electron chi connectivity index (χ3n) is 4.04. The summed E-state index contributed by atoms with van der Waals surface area (Å²) in [5, 5.41) is 14.3. The summed E-state index contributed by atoms with van der Waals surface area (Å²) in [7, 11) is 0. The molecule has 10 nitrogen and oxygen atoms in total. The van der Waals surface area contributed by atoms with E-state index in [0.29, 0.717) is 22.0 Å². The second kappa shape index (κ2) is 10.3. The summed E-state index contributed by atoms with van der Waals surface area (Å²) in [6, 6.07) is 10.2. The molecule has 0 unspecified atom stereocenters. The van der Waals surface area contributed by atoms with Gasteiger partial charge in [-0.2, -0.15) is 4.99 Å². The summed E-state index contributed by atoms with van der Waals surface area (Å²) in [4.78, 5) is 35.0. The summed E-state index contributed by atoms with van der Waals surface area (Å²) in [6.07, 6.45) is 2.83. The van der Waals surface area contributed by atoms with Gasteiger partial charge in [0, 0.05) is 11.8 Å². The van der Waals surface area contributed by atoms with Crippen LogP contribution in [0, 0.1) is 17.0 Å². The van der Waals surface area contributed by atoms with E-state index in [2.05, 4.69) is 20.3 Å². The van der Waals surface area contributed by atoms with Gasteiger partial charge in [-0.3, -0.25) is 10.1 Å². The van der Waals surface area contributed by atoms with Crippen LogP contribution in [0.5, 0.6) is 11.8 Å². The number of nitrogens with one attached hydrogen (secondary N) is 1. The van der Waals surface area contributed by atoms with E-state index in [1.54, 1.807) is 38.1 Å². The number of aryl methyl sites for hydroxylation is 1. The summed E-state index contributed by atoms with van der Waals surface area (Å²) < 4.78 is 11.0. The van der Waals surface area contributed by atoms with Crippen LogP contribution in [0.1, 0.15) is 18.1 Å². The molecular weight excluding hydrogens is 438 g/mol. The van der Waals surface area contributed by atoms with Gasteiger partial charge in [0.25, 0.3) is 5.69 Å². The molecule has 2 aromatic carbocycles. The highest BCUT2D eigenvalue weighted by molar-refractivity contribution is 6.30. The zero-order valence-corrected chi connectivity index (χ0v) is 17.9. The molecule has 11 heteroatoms. The van der Waals surface area contributed by atoms with Gasteiger partial charge in [-0.25, -0.2) is 14.8 Å². The maximum atomic E-state index is 12.5. The number of para-hydroxylation sites is 1. The lowest BCUT2D eigenvalue weighted by Gasteiger charge is -2.10. The fourth-order valence-electron chi connectivity index (χ4n) is 2.66. The topological polar surface area (TPSA) is 129 Å². The summed E-state index contributed by atoms with van der Waals surface area (Å²) in [5.74, 6) is 0.345. The van der Waals surface area contributed by atoms with E-state index < -0.39 is 11.0 Å². The minimum absolute atomic E-state index is 0.109. The highest BCUT2D eigenvalue weighted by Gasteiger charge is 2.20. The van der Waals surface area contributed by atoms with Crippen molar-refractivity contribution in [3.8, 4) is 11.8 Å². The Labute approximate surface area is 188 Å². The SMILES string of the molecule is CCO/C(=N\C(=O)Nc1ccc(Oc2ncc(Cl)cn2)c(C)c1)c1ccccc1[N+](=O)[O-]. The first-order chi connectivity index (χ1) is 15.4. The van der Waals surface area contributed by atoms with Crippen LogP contribution in [0.2, 0.25) is 5.02 Å². The number of nitro groups is 1. The van der Waals surface area contributed by atoms with Crippen molar-refractivity contribution in [2.45, 2.75) is 13.8 Å². The van der Waals surface area contributed by atoms with Crippen molar-refractivity contribution >= 4 is 34.9 Å². The van der Waals surface area contributed by atoms with Crippen molar-refractivity contribution in [1.29, 1.82) is 0 Å². The number of anilines is 1. The van der Waals surface area contributed by atoms with Crippen LogP contribution in [0.15, 0.2) is 59.9 Å². The molecule has 0 spiro atoms. The number of benzene rings is 2. The first-order valence-corrected chi connectivity index (χ1v) is 9.77. The normalized spacial score (nSPS) is 11.0. The molecule has 2 amide bonds. The number of nitrogens with zero attached hydrogens (tertiary/aromatic N) is 4. The molecule has 1 N–H and O–H groups in total. The third-order valence-corrected chi connectivity index (χ3v) is 4.23. The molecule has 164 valence electrons. The van der Waals surface area contributed by atoms with Gasteiger partial charge in [-0.15, -0.1) is 0 Å². The Kier molecular flexibility index (Phi) is 7.29. The number of amides is 2. The molecule has 0 saturated heterocycles. The zero-order valence-electron chi connectivity index (χ0n) is 17.1. The van der Waals surface area contributed by atoms with E-state index in [-0.39, 0.29) is 29.8 Å². The molecule has 3 rings (SSSR count). The van der Waals surface area contributed by atoms with E-state index in [4.69, 9.17) is 21.1 Å². The van der Waals surface area contributed by atoms with Gasteiger partial charge >= 0.3 is 12.0 Å². The van der Waals surface area contributed by atoms with Gasteiger partial charge in [0.2, 0.25) is 5.90 Å². The number of aromatic nitrogens is 2. The number of ether oxygens (including phenoxy) is 2. The molecule has 0 aliphatic rings. The van der Waals surface area contributed by atoms with Crippen molar-refractivity contribution in [3.05, 3.63) is 81.1 Å². The number of halogens is 1. The number of carbonyl (C=O) groups is 1. The summed E-state index contributed by atoms with van der Waals surface area (Å²) in [6.45, 7) is 3.65. The zero-order chi connectivity index (χ0) is 23.1. The Morgan fingerprint density at radius 3 is 2.59 bits per heavy atom. The van der Waals surface area contributed by atoms with E-state index in [1.807, 2.05) is 0 Å². The molecule has 0 fully saturated rings. The lowest BCUT2D eigenvalue weighted by Crippen LogP contribution is -2.15. The molecule has 32 heavy (non-hydrogen) atoms. The molecule has 3 aromatic rings. The summed E-state index contributed by atoms with van der Waals surface area (Å²) in [5.41, 5.74) is 1.04. The number of urea groups is 1. The fourth-order valence-corrected chi connectivity index (χ4v) is 2.76. The van der Waals surface area contributed by atoms with Crippen molar-refractivity contribution in [1.82, 2.24) is 9.97 Å². The number of rotatable bonds is 6. The lowest BCUT2D eigenvalue weighted by molar-refractivity contribution is -0.385. The van der Waals surface area contributed by atoms with E-state index in [0.717, 1.165) is 0 Å². The molecule has 0 bridgehead atoms. The number of carbonyl (C=O) groups excluding carboxylic acids is 1. The Hall–Kier alpha value is -4.05. The summed E-state index contributed by atoms with van der Waals surface area (Å²) >= 11 is 5.76. The van der Waals surface area contributed by atoms with Crippen LogP contribution in [0.25, 0.3) is 0 Å². The van der Waals surface area contributed by atoms with E-state index in [9.17, 15) is 14.9 Å². The first-order valence-electron chi connectivity index (χ1n) is 9.39. The Bertz CT molecular complexity index is 1170. The molecule has 0 saturated carbocycles. The van der Waals surface area contributed by atoms with Crippen molar-refractivity contribution in [2.24, 2.45) is 4.99 Å². The maximum Gasteiger partial charge on any atom is 0.348 e. The highest BCUT2D eigenvalue weighted by atomic mass is 35.5. The minimum atomic E-state index is -0.749. The van der Waals surface area contributed by atoms with Gasteiger partial charge in [-0.1, -0.05) is 23.7 Å². The Balaban J connectivity index is 1.78. The standard InChI is InChI=1S/C21H18ClN5O5/c1-3-31-19(16-6-4-5-7-17(16)27(29)30)26-20(28)25-15-8-9-18(13(2)10-15)32-21-23-11-14(22)12-24-21/h4-12H,3H2,1-2H3,(H,25,28)/b26-19-. The maximum absolute atomic E-state index is 12.5. The predicted molar refractivity (Wildman–Crippen MR) is 119 cm³/mol. The van der Waals surface area contributed by atoms with Crippen LogP contribution in [0.3, 0.4) is 0 Å². The highest BCUT2D eigenvalue weighted by Crippen LogP contribution is 2.26. The molecule has 0 atom stereocenters. The van der Waals surface area contributed by atoms with Crippen LogP contribution in [0.4, 0.5) is 16.2 Å². The first kappa shape index (κ1) is 22.6. The average Bonchev–Trinajstić information content (AvgIpc) is 2.76. The molecule has 1 aromatic heterocycles. The van der Waals surface area contributed by atoms with Crippen molar-refractivity contribution < 1.29 is 19.2 Å². The number of aliphatic imine (C=N–C) groups is 1. The minimum Gasteiger partial charge on any atom is -0.477 e. The quantitative estimate of drug-likeness (QED) is 0.235. The van der Waals surface area contributed by atoms with Gasteiger partial charge < -0.3 is 14.8 Å². The van der Waals surface area contributed by atoms with E-state index in [1.165, 1.54) is 30.6 Å². The number of hydrogen-bond donors (Lipinski definition) is 1. The second-order valence-electron chi connectivity index (χ2n) is 6.32. The number of nitro benzene ring substituents is 1. The van der Waals surface area contributed by atoms with Crippen LogP contribution in [-0.2, 0) is 4.74 Å². The number of hydrogen-bond acceptors (Lipinski definition) is 7. The van der Waals surface area contributed by atoms with Crippen LogP contribution < -0.4 is 10.1 Å². The largest absolute Gasteiger partial charge is 0.477 e. The van der Waals surface area contributed by atoms with Gasteiger partial charge in [-0.05, 0) is 43.7 Å². The molecule has 0 aliphatic carbocycles. The molecule has 1 heterocycles. The molecule has 0 radical (unpaired) electrons. The molecule has 0 aliphatic heterocycles. The lowest BCUT2D eigenvalue weighted by atomic mass is 10.2. The monoisotopic (exact) mass is 455 g/mol. The Morgan fingerprint density at radius 2 is 1.94 bits per heavy atom. The van der Waals surface area contributed by atoms with Gasteiger partial charge in [0.15, 0.2) is 0 Å². The van der Waals surface area contributed by atoms with E-state index >= 15 is 0 Å².